The summed E-state index contributed by atoms with van der Waals surface area (Å²) in [5.74, 6) is 1.30. The maximum absolute atomic E-state index is 10.3. The van der Waals surface area contributed by atoms with Crippen LogP contribution in [0.4, 0.5) is 0 Å². The molecule has 0 aromatic heterocycles. The van der Waals surface area contributed by atoms with Gasteiger partial charge < -0.3 is 9.84 Å². The molecular formula is C14H20O2. The molecule has 16 heavy (non-hydrogen) atoms. The van der Waals surface area contributed by atoms with Crippen molar-refractivity contribution in [3.8, 4) is 5.75 Å². The van der Waals surface area contributed by atoms with E-state index in [-0.39, 0.29) is 0 Å². The number of ether oxygens (including phenoxy) is 1. The van der Waals surface area contributed by atoms with Crippen molar-refractivity contribution in [1.29, 1.82) is 0 Å². The standard InChI is InChI=1S/C14H20O2/c1-9(2)11-6-5-10(3)12(13(11)16-4)14(15)7-8-14/h5-6,9,15H,7-8H2,1-4H3. The quantitative estimate of drug-likeness (QED) is 0.848. The largest absolute Gasteiger partial charge is 0.496 e. The minimum atomic E-state index is -0.625. The number of hydrogen-bond acceptors (Lipinski definition) is 2. The Morgan fingerprint density at radius 1 is 1.31 bits per heavy atom. The molecule has 1 aliphatic rings. The third-order valence-corrected chi connectivity index (χ3v) is 3.41. The molecule has 2 heteroatoms. The first-order valence-electron chi connectivity index (χ1n) is 5.90. The molecular weight excluding hydrogens is 200 g/mol. The van der Waals surface area contributed by atoms with Crippen LogP contribution in [0.3, 0.4) is 0 Å². The minimum Gasteiger partial charge on any atom is -0.496 e. The van der Waals surface area contributed by atoms with Crippen molar-refractivity contribution in [2.75, 3.05) is 7.11 Å². The zero-order valence-electron chi connectivity index (χ0n) is 10.5. The second-order valence-electron chi connectivity index (χ2n) is 5.07. The van der Waals surface area contributed by atoms with Gasteiger partial charge in [0.2, 0.25) is 0 Å². The molecule has 1 fully saturated rings. The SMILES string of the molecule is COc1c(C(C)C)ccc(C)c1C1(O)CC1. The first-order chi connectivity index (χ1) is 7.49. The number of methoxy groups -OCH3 is 1. The van der Waals surface area contributed by atoms with Gasteiger partial charge in [-0.3, -0.25) is 0 Å². The van der Waals surface area contributed by atoms with Gasteiger partial charge in [0.15, 0.2) is 0 Å². The summed E-state index contributed by atoms with van der Waals surface area (Å²) in [5, 5.41) is 10.3. The molecule has 1 N–H and O–H groups in total. The first kappa shape index (κ1) is 11.5. The Morgan fingerprint density at radius 3 is 2.38 bits per heavy atom. The number of hydrogen-bond donors (Lipinski definition) is 1. The topological polar surface area (TPSA) is 29.5 Å². The van der Waals surface area contributed by atoms with Crippen LogP contribution in [0.15, 0.2) is 12.1 Å². The Morgan fingerprint density at radius 2 is 1.94 bits per heavy atom. The number of benzene rings is 1. The van der Waals surface area contributed by atoms with Gasteiger partial charge in [0, 0.05) is 5.56 Å². The Bertz CT molecular complexity index is 403. The van der Waals surface area contributed by atoms with Gasteiger partial charge in [-0.25, -0.2) is 0 Å². The van der Waals surface area contributed by atoms with Crippen LogP contribution < -0.4 is 4.74 Å². The van der Waals surface area contributed by atoms with Crippen molar-refractivity contribution >= 4 is 0 Å². The van der Waals surface area contributed by atoms with E-state index < -0.39 is 5.60 Å². The molecule has 0 saturated heterocycles. The van der Waals surface area contributed by atoms with Crippen LogP contribution in [-0.2, 0) is 5.60 Å². The lowest BCUT2D eigenvalue weighted by Crippen LogP contribution is -2.11. The molecule has 0 aliphatic heterocycles. The summed E-state index contributed by atoms with van der Waals surface area (Å²) in [6.07, 6.45) is 1.71. The van der Waals surface area contributed by atoms with Crippen LogP contribution in [0.5, 0.6) is 5.75 Å². The van der Waals surface area contributed by atoms with Crippen LogP contribution in [0.2, 0.25) is 0 Å². The number of aliphatic hydroxyl groups is 1. The van der Waals surface area contributed by atoms with Crippen molar-refractivity contribution in [1.82, 2.24) is 0 Å². The molecule has 1 aromatic rings. The predicted molar refractivity (Wildman–Crippen MR) is 65.0 cm³/mol. The summed E-state index contributed by atoms with van der Waals surface area (Å²) in [7, 11) is 1.69. The van der Waals surface area contributed by atoms with Crippen LogP contribution in [0.1, 0.15) is 49.3 Å². The number of rotatable bonds is 3. The molecule has 0 spiro atoms. The van der Waals surface area contributed by atoms with E-state index in [0.29, 0.717) is 5.92 Å². The summed E-state index contributed by atoms with van der Waals surface area (Å²) in [6.45, 7) is 6.33. The van der Waals surface area contributed by atoms with E-state index in [9.17, 15) is 5.11 Å². The molecule has 1 saturated carbocycles. The van der Waals surface area contributed by atoms with Crippen LogP contribution in [-0.4, -0.2) is 12.2 Å². The minimum absolute atomic E-state index is 0.414. The zero-order chi connectivity index (χ0) is 11.9. The highest BCUT2D eigenvalue weighted by molar-refractivity contribution is 5.52. The van der Waals surface area contributed by atoms with E-state index in [0.717, 1.165) is 29.7 Å². The number of aryl methyl sites for hydroxylation is 1. The molecule has 0 heterocycles. The lowest BCUT2D eigenvalue weighted by atomic mass is 9.92. The summed E-state index contributed by atoms with van der Waals surface area (Å²) < 4.78 is 5.53. The van der Waals surface area contributed by atoms with E-state index in [2.05, 4.69) is 26.0 Å². The fourth-order valence-electron chi connectivity index (χ4n) is 2.32. The van der Waals surface area contributed by atoms with Crippen LogP contribution in [0.25, 0.3) is 0 Å². The van der Waals surface area contributed by atoms with Gasteiger partial charge in [-0.2, -0.15) is 0 Å². The van der Waals surface area contributed by atoms with Gasteiger partial charge in [0.1, 0.15) is 5.75 Å². The van der Waals surface area contributed by atoms with E-state index in [1.165, 1.54) is 5.56 Å². The van der Waals surface area contributed by atoms with Gasteiger partial charge in [-0.05, 0) is 36.8 Å². The molecule has 1 aromatic carbocycles. The van der Waals surface area contributed by atoms with Gasteiger partial charge in [0.25, 0.3) is 0 Å². The van der Waals surface area contributed by atoms with E-state index in [1.807, 2.05) is 6.92 Å². The molecule has 0 unspecified atom stereocenters. The second-order valence-corrected chi connectivity index (χ2v) is 5.07. The average molecular weight is 220 g/mol. The smallest absolute Gasteiger partial charge is 0.128 e. The Balaban J connectivity index is 2.61. The average Bonchev–Trinajstić information content (AvgIpc) is 2.95. The molecule has 0 atom stereocenters. The highest BCUT2D eigenvalue weighted by Gasteiger charge is 2.45. The third-order valence-electron chi connectivity index (χ3n) is 3.41. The fraction of sp³-hybridized carbons (Fsp3) is 0.571. The third kappa shape index (κ3) is 1.71. The van der Waals surface area contributed by atoms with Gasteiger partial charge in [-0.15, -0.1) is 0 Å². The van der Waals surface area contributed by atoms with Crippen molar-refractivity contribution in [2.45, 2.75) is 45.1 Å². The fourth-order valence-corrected chi connectivity index (χ4v) is 2.32. The summed E-state index contributed by atoms with van der Waals surface area (Å²) >= 11 is 0. The molecule has 2 rings (SSSR count). The molecule has 0 bridgehead atoms. The molecule has 88 valence electrons. The normalized spacial score (nSPS) is 17.6. The van der Waals surface area contributed by atoms with Gasteiger partial charge >= 0.3 is 0 Å². The van der Waals surface area contributed by atoms with E-state index in [4.69, 9.17) is 4.74 Å². The maximum Gasteiger partial charge on any atom is 0.128 e. The highest BCUT2D eigenvalue weighted by atomic mass is 16.5. The van der Waals surface area contributed by atoms with Crippen molar-refractivity contribution < 1.29 is 9.84 Å². The lowest BCUT2D eigenvalue weighted by Gasteiger charge is -2.21. The van der Waals surface area contributed by atoms with Crippen molar-refractivity contribution in [3.63, 3.8) is 0 Å². The second kappa shape index (κ2) is 3.77. The molecule has 0 amide bonds. The molecule has 0 radical (unpaired) electrons. The zero-order valence-corrected chi connectivity index (χ0v) is 10.5. The van der Waals surface area contributed by atoms with Gasteiger partial charge in [-0.1, -0.05) is 26.0 Å². The van der Waals surface area contributed by atoms with Crippen molar-refractivity contribution in [3.05, 3.63) is 28.8 Å². The Labute approximate surface area is 97.3 Å². The highest BCUT2D eigenvalue weighted by Crippen LogP contribution is 2.51. The Hall–Kier alpha value is -1.02. The molecule has 1 aliphatic carbocycles. The first-order valence-corrected chi connectivity index (χ1v) is 5.90. The lowest BCUT2D eigenvalue weighted by molar-refractivity contribution is 0.146. The van der Waals surface area contributed by atoms with Crippen LogP contribution in [0, 0.1) is 6.92 Å². The van der Waals surface area contributed by atoms with Crippen molar-refractivity contribution in [2.24, 2.45) is 0 Å². The Kier molecular flexibility index (Phi) is 2.70. The monoisotopic (exact) mass is 220 g/mol. The van der Waals surface area contributed by atoms with Crippen LogP contribution >= 0.6 is 0 Å². The predicted octanol–water partition coefficient (Wildman–Crippen LogP) is 3.11. The maximum atomic E-state index is 10.3. The van der Waals surface area contributed by atoms with Gasteiger partial charge in [0.05, 0.1) is 12.7 Å². The summed E-state index contributed by atoms with van der Waals surface area (Å²) in [5.41, 5.74) is 2.69. The van der Waals surface area contributed by atoms with E-state index >= 15 is 0 Å². The van der Waals surface area contributed by atoms with E-state index in [1.54, 1.807) is 7.11 Å². The molecule has 2 nitrogen and oxygen atoms in total. The summed E-state index contributed by atoms with van der Waals surface area (Å²) in [6, 6.07) is 4.19. The summed E-state index contributed by atoms with van der Waals surface area (Å²) in [4.78, 5) is 0.